The number of halogens is 1. The molecule has 0 aliphatic carbocycles. The van der Waals surface area contributed by atoms with Crippen LogP contribution in [0, 0.1) is 6.07 Å². The maximum Gasteiger partial charge on any atom is 0 e. The summed E-state index contributed by atoms with van der Waals surface area (Å²) in [6.45, 7) is 10.2. The second kappa shape index (κ2) is 30.1. The molecule has 0 saturated heterocycles. The van der Waals surface area contributed by atoms with Gasteiger partial charge < -0.3 is 0 Å². The molecule has 0 spiro atoms. The van der Waals surface area contributed by atoms with E-state index in [9.17, 15) is 0 Å². The molecular weight excluding hydrogens is 574 g/mol. The normalized spacial score (nSPS) is 7.18. The van der Waals surface area contributed by atoms with E-state index in [1.807, 2.05) is 58.0 Å². The Bertz CT molecular complexity index is 590. The van der Waals surface area contributed by atoms with Gasteiger partial charge in [-0.1, -0.05) is 89.2 Å². The predicted molar refractivity (Wildman–Crippen MR) is 112 cm³/mol. The second-order valence-electron chi connectivity index (χ2n) is 4.45. The number of aryl methyl sites for hydroxylation is 1. The Morgan fingerprint density at radius 3 is 1.43 bits per heavy atom. The molecule has 4 heteroatoms. The molecule has 0 aliphatic heterocycles. The van der Waals surface area contributed by atoms with Crippen molar-refractivity contribution in [3.05, 3.63) is 96.6 Å². The van der Waals surface area contributed by atoms with Gasteiger partial charge in [0.05, 0.1) is 0 Å². The van der Waals surface area contributed by atoms with Crippen molar-refractivity contribution < 1.29 is 103 Å². The Labute approximate surface area is 248 Å². The zero-order valence-electron chi connectivity index (χ0n) is 17.9. The minimum absolute atomic E-state index is 0. The summed E-state index contributed by atoms with van der Waals surface area (Å²) in [5.41, 5.74) is 4.08. The molecule has 3 radical (unpaired) electrons. The van der Waals surface area contributed by atoms with Crippen LogP contribution in [-0.4, -0.2) is 0 Å². The van der Waals surface area contributed by atoms with Gasteiger partial charge >= 0.3 is 0 Å². The summed E-state index contributed by atoms with van der Waals surface area (Å²) in [5, 5.41) is 0. The molecule has 0 amide bonds. The molecule has 0 N–H and O–H groups in total. The number of benzene rings is 3. The van der Waals surface area contributed by atoms with Crippen LogP contribution in [0.2, 0.25) is 0 Å². The molecule has 0 aromatic heterocycles. The topological polar surface area (TPSA) is 0 Å². The van der Waals surface area contributed by atoms with Gasteiger partial charge in [0.1, 0.15) is 0 Å². The van der Waals surface area contributed by atoms with Crippen LogP contribution in [0.25, 0.3) is 11.1 Å². The predicted octanol–water partition coefficient (Wildman–Crippen LogP) is 7.60. The van der Waals surface area contributed by atoms with Crippen molar-refractivity contribution in [1.82, 2.24) is 0 Å². The quantitative estimate of drug-likeness (QED) is 0.264. The summed E-state index contributed by atoms with van der Waals surface area (Å²) in [6, 6.07) is 31.6. The maximum absolute atomic E-state index is 2.89. The van der Waals surface area contributed by atoms with E-state index in [2.05, 4.69) is 67.6 Å². The van der Waals surface area contributed by atoms with Crippen molar-refractivity contribution in [3.63, 3.8) is 0 Å². The zero-order chi connectivity index (χ0) is 18.0. The van der Waals surface area contributed by atoms with Gasteiger partial charge in [0.15, 0.2) is 0 Å². The van der Waals surface area contributed by atoms with E-state index >= 15 is 0 Å². The van der Waals surface area contributed by atoms with E-state index in [0.29, 0.717) is 0 Å². The average molecular weight is 606 g/mol. The van der Waals surface area contributed by atoms with Gasteiger partial charge in [-0.3, -0.25) is 4.70 Å². The van der Waals surface area contributed by atoms with Crippen LogP contribution in [0.5, 0.6) is 0 Å². The van der Waals surface area contributed by atoms with Crippen LogP contribution in [0.4, 0.5) is 4.70 Å². The van der Waals surface area contributed by atoms with Gasteiger partial charge in [0.2, 0.25) is 0 Å². The third-order valence-electron chi connectivity index (χ3n) is 3.09. The van der Waals surface area contributed by atoms with Crippen LogP contribution in [0.1, 0.15) is 40.2 Å². The third-order valence-corrected chi connectivity index (χ3v) is 3.09. The van der Waals surface area contributed by atoms with E-state index in [4.69, 9.17) is 0 Å². The Hall–Kier alpha value is 0.902. The van der Waals surface area contributed by atoms with Crippen molar-refractivity contribution in [1.29, 1.82) is 0 Å². The monoisotopic (exact) mass is 606 g/mol. The fourth-order valence-electron chi connectivity index (χ4n) is 2.07. The molecule has 0 fully saturated rings. The van der Waals surface area contributed by atoms with Crippen LogP contribution < -0.4 is 0 Å². The van der Waals surface area contributed by atoms with Gasteiger partial charge in [0, 0.05) is 98.1 Å². The van der Waals surface area contributed by atoms with Gasteiger partial charge in [-0.2, -0.15) is 36.4 Å². The number of hydrogen-bond acceptors (Lipinski definition) is 0. The van der Waals surface area contributed by atoms with Crippen LogP contribution in [-0.2, 0) is 105 Å². The molecule has 28 heavy (non-hydrogen) atoms. The van der Waals surface area contributed by atoms with Crippen molar-refractivity contribution in [2.24, 2.45) is 0 Å². The molecule has 0 nitrogen and oxygen atoms in total. The summed E-state index contributed by atoms with van der Waals surface area (Å²) in [4.78, 5) is 0. The third kappa shape index (κ3) is 17.7. The smallest absolute Gasteiger partial charge is 0 e. The fourth-order valence-corrected chi connectivity index (χ4v) is 2.07. The maximum atomic E-state index is 2.89. The van der Waals surface area contributed by atoms with Crippen LogP contribution in [0.15, 0.2) is 84.9 Å². The molecule has 0 bridgehead atoms. The Balaban J connectivity index is -0.000000109. The van der Waals surface area contributed by atoms with E-state index in [-0.39, 0.29) is 103 Å². The first-order valence-electron chi connectivity index (χ1n) is 8.96. The first kappa shape index (κ1) is 39.4. The first-order chi connectivity index (χ1) is 11.9. The number of hydrogen-bond donors (Lipinski definition) is 0. The summed E-state index contributed by atoms with van der Waals surface area (Å²) >= 11 is 0. The standard InChI is InChI=1S/C14H14.C6H5.2C2H6.FH.3Y/c1-2-12-8-6-7-11-14(12)13-9-4-3-5-10-13;1-2-4-6-5-3-1;2*1-2;;;;/h3-11H,2H2,1H3;1-5H;2*1-2H3;1H;;;/q;-1;;;;;;. The molecule has 0 heterocycles. The van der Waals surface area contributed by atoms with Gasteiger partial charge in [-0.25, -0.2) is 0 Å². The van der Waals surface area contributed by atoms with Gasteiger partial charge in [0.25, 0.3) is 0 Å². The van der Waals surface area contributed by atoms with Crippen molar-refractivity contribution >= 4 is 0 Å². The molecular formula is C24H32FY3-. The Kier molecular flexibility index (Phi) is 42.3. The molecule has 0 saturated carbocycles. The minimum Gasteiger partial charge on any atom is -0.269 e. The number of rotatable bonds is 2. The second-order valence-corrected chi connectivity index (χ2v) is 4.45. The van der Waals surface area contributed by atoms with Crippen molar-refractivity contribution in [2.75, 3.05) is 0 Å². The minimum atomic E-state index is 0. The van der Waals surface area contributed by atoms with Crippen molar-refractivity contribution in [2.45, 2.75) is 41.0 Å². The molecule has 3 aromatic rings. The Morgan fingerprint density at radius 2 is 1.04 bits per heavy atom. The largest absolute Gasteiger partial charge is 0.269 e. The van der Waals surface area contributed by atoms with E-state index in [1.165, 1.54) is 16.7 Å². The van der Waals surface area contributed by atoms with Crippen molar-refractivity contribution in [3.8, 4) is 11.1 Å². The summed E-state index contributed by atoms with van der Waals surface area (Å²) in [7, 11) is 0. The van der Waals surface area contributed by atoms with E-state index in [1.54, 1.807) is 0 Å². The molecule has 145 valence electrons. The molecule has 3 rings (SSSR count). The summed E-state index contributed by atoms with van der Waals surface area (Å²) < 4.78 is 0. The van der Waals surface area contributed by atoms with Gasteiger partial charge in [-0.05, 0) is 23.1 Å². The Morgan fingerprint density at radius 1 is 0.607 bits per heavy atom. The van der Waals surface area contributed by atoms with Crippen LogP contribution >= 0.6 is 0 Å². The van der Waals surface area contributed by atoms with Gasteiger partial charge in [-0.15, -0.1) is 0 Å². The van der Waals surface area contributed by atoms with E-state index < -0.39 is 0 Å². The SMILES string of the molecule is CC.CC.CCc1ccccc1-c1ccccc1.F.[Y].[Y].[Y].[c-]1ccccc1. The summed E-state index contributed by atoms with van der Waals surface area (Å²) in [5.74, 6) is 0. The molecule has 0 atom stereocenters. The fraction of sp³-hybridized carbons (Fsp3) is 0.250. The molecule has 0 aliphatic rings. The van der Waals surface area contributed by atoms with Crippen LogP contribution in [0.3, 0.4) is 0 Å². The zero-order valence-corrected chi connectivity index (χ0v) is 26.4. The summed E-state index contributed by atoms with van der Waals surface area (Å²) in [6.07, 6.45) is 1.09. The molecule has 0 unspecified atom stereocenters. The molecule has 3 aromatic carbocycles. The first-order valence-corrected chi connectivity index (χ1v) is 8.96. The average Bonchev–Trinajstić information content (AvgIpc) is 2.73. The van der Waals surface area contributed by atoms with E-state index in [0.717, 1.165) is 6.42 Å².